The van der Waals surface area contributed by atoms with Crippen LogP contribution in [0.5, 0.6) is 11.5 Å². The number of rotatable bonds is 4. The van der Waals surface area contributed by atoms with Crippen LogP contribution in [0.1, 0.15) is 11.1 Å². The molecule has 0 radical (unpaired) electrons. The maximum absolute atomic E-state index is 13.2. The molecule has 186 valence electrons. The summed E-state index contributed by atoms with van der Waals surface area (Å²) < 4.78 is 52.1. The molecule has 0 unspecified atom stereocenters. The molecular weight excluding hydrogens is 509 g/mol. The average Bonchev–Trinajstić information content (AvgIpc) is 3.48. The molecule has 1 aliphatic heterocycles. The average molecular weight is 525 g/mol. The lowest BCUT2D eigenvalue weighted by molar-refractivity contribution is -0.137. The molecule has 7 nitrogen and oxygen atoms in total. The molecule has 0 atom stereocenters. The molecule has 1 aliphatic rings. The molecule has 0 bridgehead atoms. The van der Waals surface area contributed by atoms with Gasteiger partial charge in [0.2, 0.25) is 6.79 Å². The fraction of sp³-hybridized carbons (Fsp3) is 0.115. The van der Waals surface area contributed by atoms with Crippen LogP contribution in [-0.2, 0) is 12.7 Å². The lowest BCUT2D eigenvalue weighted by atomic mass is 9.97. The van der Waals surface area contributed by atoms with Gasteiger partial charge < -0.3 is 9.47 Å². The van der Waals surface area contributed by atoms with Crippen molar-refractivity contribution in [1.29, 1.82) is 0 Å². The van der Waals surface area contributed by atoms with E-state index in [1.54, 1.807) is 24.4 Å². The van der Waals surface area contributed by atoms with Gasteiger partial charge in [0.05, 0.1) is 18.3 Å². The van der Waals surface area contributed by atoms with Crippen LogP contribution in [0.4, 0.5) is 13.2 Å². The zero-order valence-corrected chi connectivity index (χ0v) is 19.6. The molecule has 0 fully saturated rings. The van der Waals surface area contributed by atoms with Crippen LogP contribution in [0, 0.1) is 0 Å². The summed E-state index contributed by atoms with van der Waals surface area (Å²) in [6.45, 7) is 0.101. The number of benzene rings is 3. The first kappa shape index (κ1) is 23.1. The summed E-state index contributed by atoms with van der Waals surface area (Å²) in [4.78, 5) is 13.2. The van der Waals surface area contributed by atoms with Crippen molar-refractivity contribution in [2.24, 2.45) is 0 Å². The molecule has 3 aromatic carbocycles. The highest BCUT2D eigenvalue weighted by atomic mass is 35.5. The normalized spacial score (nSPS) is 12.9. The summed E-state index contributed by atoms with van der Waals surface area (Å²) in [6, 6.07) is 17.2. The molecule has 6 rings (SSSR count). The topological polar surface area (TPSA) is 70.7 Å². The minimum absolute atomic E-state index is 0.0280. The first-order chi connectivity index (χ1) is 17.8. The van der Waals surface area contributed by atoms with Gasteiger partial charge in [-0.2, -0.15) is 22.8 Å². The quantitative estimate of drug-likeness (QED) is 0.303. The number of ether oxygens (including phenoxy) is 2. The second kappa shape index (κ2) is 8.67. The molecule has 0 N–H and O–H groups in total. The molecule has 3 heterocycles. The van der Waals surface area contributed by atoms with Crippen molar-refractivity contribution in [1.82, 2.24) is 19.4 Å². The molecule has 2 aromatic heterocycles. The van der Waals surface area contributed by atoms with E-state index in [9.17, 15) is 18.0 Å². The van der Waals surface area contributed by atoms with Gasteiger partial charge in [-0.15, -0.1) is 5.10 Å². The summed E-state index contributed by atoms with van der Waals surface area (Å²) >= 11 is 6.11. The lowest BCUT2D eigenvalue weighted by Crippen LogP contribution is -2.23. The standard InChI is InChI=1S/C26H16ClF3N4O3/c27-19-8-3-16(4-9-19)23-20(17-5-10-21-22(11-17)37-14-36-21)12-31-34-24(23)32-33(25(34)35)13-15-1-6-18(7-2-15)26(28,29)30/h1-12H,13-14H2. The van der Waals surface area contributed by atoms with Gasteiger partial charge in [-0.05, 0) is 53.1 Å². The molecule has 0 spiro atoms. The van der Waals surface area contributed by atoms with E-state index >= 15 is 0 Å². The third-order valence-electron chi connectivity index (χ3n) is 6.04. The minimum Gasteiger partial charge on any atom is -0.454 e. The number of halogens is 4. The molecule has 0 saturated heterocycles. The molecule has 0 amide bonds. The van der Waals surface area contributed by atoms with Gasteiger partial charge in [0.15, 0.2) is 17.1 Å². The van der Waals surface area contributed by atoms with Gasteiger partial charge in [-0.25, -0.2) is 9.48 Å². The summed E-state index contributed by atoms with van der Waals surface area (Å²) in [6.07, 6.45) is -2.87. The Hall–Kier alpha value is -4.31. The van der Waals surface area contributed by atoms with E-state index in [-0.39, 0.29) is 19.0 Å². The maximum Gasteiger partial charge on any atom is 0.416 e. The van der Waals surface area contributed by atoms with Gasteiger partial charge in [-0.1, -0.05) is 41.9 Å². The third-order valence-corrected chi connectivity index (χ3v) is 6.30. The van der Waals surface area contributed by atoms with Crippen LogP contribution in [-0.4, -0.2) is 26.2 Å². The first-order valence-corrected chi connectivity index (χ1v) is 11.5. The summed E-state index contributed by atoms with van der Waals surface area (Å²) in [5.41, 5.74) is 2.33. The van der Waals surface area contributed by atoms with Crippen molar-refractivity contribution in [2.75, 3.05) is 6.79 Å². The minimum atomic E-state index is -4.44. The van der Waals surface area contributed by atoms with Crippen molar-refractivity contribution >= 4 is 17.2 Å². The van der Waals surface area contributed by atoms with Crippen molar-refractivity contribution in [3.63, 3.8) is 0 Å². The molecule has 0 saturated carbocycles. The van der Waals surface area contributed by atoms with E-state index in [1.807, 2.05) is 24.3 Å². The highest BCUT2D eigenvalue weighted by Gasteiger charge is 2.30. The number of nitrogens with zero attached hydrogens (tertiary/aromatic N) is 4. The van der Waals surface area contributed by atoms with Crippen molar-refractivity contribution in [3.8, 4) is 33.8 Å². The van der Waals surface area contributed by atoms with Crippen LogP contribution >= 0.6 is 11.6 Å². The Labute approximate surface area is 212 Å². The predicted octanol–water partition coefficient (Wildman–Crippen LogP) is 5.67. The molecular formula is C26H16ClF3N4O3. The molecule has 0 aliphatic carbocycles. The van der Waals surface area contributed by atoms with E-state index < -0.39 is 17.4 Å². The fourth-order valence-corrected chi connectivity index (χ4v) is 4.35. The predicted molar refractivity (Wildman–Crippen MR) is 130 cm³/mol. The van der Waals surface area contributed by atoms with Crippen LogP contribution in [0.3, 0.4) is 0 Å². The van der Waals surface area contributed by atoms with E-state index in [0.717, 1.165) is 23.3 Å². The molecule has 5 aromatic rings. The number of alkyl halides is 3. The van der Waals surface area contributed by atoms with Gasteiger partial charge in [0.1, 0.15) is 0 Å². The van der Waals surface area contributed by atoms with Crippen LogP contribution in [0.25, 0.3) is 27.9 Å². The second-order valence-electron chi connectivity index (χ2n) is 8.38. The molecule has 11 heteroatoms. The van der Waals surface area contributed by atoms with E-state index in [0.29, 0.717) is 33.2 Å². The number of hydrogen-bond donors (Lipinski definition) is 0. The van der Waals surface area contributed by atoms with Crippen LogP contribution in [0.15, 0.2) is 77.7 Å². The number of aromatic nitrogens is 4. The Morgan fingerprint density at radius 2 is 1.62 bits per heavy atom. The van der Waals surface area contributed by atoms with Crippen molar-refractivity contribution in [2.45, 2.75) is 12.7 Å². The maximum atomic E-state index is 13.2. The summed E-state index contributed by atoms with van der Waals surface area (Å²) in [7, 11) is 0. The molecule has 37 heavy (non-hydrogen) atoms. The SMILES string of the molecule is O=c1n(Cc2ccc(C(F)(F)F)cc2)nc2c(-c3ccc(Cl)cc3)c(-c3ccc4c(c3)OCO4)cnn12. The number of fused-ring (bicyclic) bond motifs is 2. The lowest BCUT2D eigenvalue weighted by Gasteiger charge is -2.11. The summed E-state index contributed by atoms with van der Waals surface area (Å²) in [5.74, 6) is 1.22. The smallest absolute Gasteiger partial charge is 0.416 e. The first-order valence-electron chi connectivity index (χ1n) is 11.1. The third kappa shape index (κ3) is 4.19. The monoisotopic (exact) mass is 524 g/mol. The highest BCUT2D eigenvalue weighted by Crippen LogP contribution is 2.40. The van der Waals surface area contributed by atoms with Gasteiger partial charge in [0, 0.05) is 16.1 Å². The van der Waals surface area contributed by atoms with Crippen molar-refractivity contribution < 1.29 is 22.6 Å². The van der Waals surface area contributed by atoms with E-state index in [2.05, 4.69) is 10.2 Å². The van der Waals surface area contributed by atoms with Gasteiger partial charge >= 0.3 is 11.9 Å². The largest absolute Gasteiger partial charge is 0.454 e. The Balaban J connectivity index is 1.49. The zero-order valence-electron chi connectivity index (χ0n) is 18.9. The van der Waals surface area contributed by atoms with Gasteiger partial charge in [0.25, 0.3) is 0 Å². The Bertz CT molecular complexity index is 1690. The van der Waals surface area contributed by atoms with Crippen LogP contribution in [0.2, 0.25) is 5.02 Å². The number of hydrogen-bond acceptors (Lipinski definition) is 5. The highest BCUT2D eigenvalue weighted by molar-refractivity contribution is 6.30. The van der Waals surface area contributed by atoms with Gasteiger partial charge in [-0.3, -0.25) is 0 Å². The summed E-state index contributed by atoms with van der Waals surface area (Å²) in [5, 5.41) is 9.41. The Morgan fingerprint density at radius 1 is 0.919 bits per heavy atom. The Kier molecular flexibility index (Phi) is 5.41. The zero-order chi connectivity index (χ0) is 25.7. The Morgan fingerprint density at radius 3 is 2.35 bits per heavy atom. The van der Waals surface area contributed by atoms with Crippen LogP contribution < -0.4 is 15.2 Å². The van der Waals surface area contributed by atoms with Crippen molar-refractivity contribution in [3.05, 3.63) is 99.6 Å². The second-order valence-corrected chi connectivity index (χ2v) is 8.81. The fourth-order valence-electron chi connectivity index (χ4n) is 4.22. The van der Waals surface area contributed by atoms with E-state index in [4.69, 9.17) is 21.1 Å². The van der Waals surface area contributed by atoms with E-state index in [1.165, 1.54) is 21.3 Å².